The highest BCUT2D eigenvalue weighted by molar-refractivity contribution is 5.84. The summed E-state index contributed by atoms with van der Waals surface area (Å²) >= 11 is 0. The predicted octanol–water partition coefficient (Wildman–Crippen LogP) is 5.19. The molecule has 0 saturated heterocycles. The molecule has 0 bridgehead atoms. The number of carbonyl (C=O) groups is 2. The van der Waals surface area contributed by atoms with Gasteiger partial charge in [0.15, 0.2) is 0 Å². The summed E-state index contributed by atoms with van der Waals surface area (Å²) in [4.78, 5) is 25.5. The summed E-state index contributed by atoms with van der Waals surface area (Å²) in [6.07, 6.45) is -0.407. The van der Waals surface area contributed by atoms with Crippen molar-refractivity contribution in [3.8, 4) is 0 Å². The van der Waals surface area contributed by atoms with E-state index in [1.54, 1.807) is 0 Å². The number of hydrogen-bond donors (Lipinski definition) is 1. The molecule has 4 heteroatoms. The third-order valence-electron chi connectivity index (χ3n) is 6.04. The van der Waals surface area contributed by atoms with Crippen LogP contribution in [0, 0.1) is 11.8 Å². The molecule has 3 aromatic rings. The summed E-state index contributed by atoms with van der Waals surface area (Å²) in [5, 5.41) is 10.0. The molecule has 0 heterocycles. The average Bonchev–Trinajstić information content (AvgIpc) is 2.75. The molecule has 0 amide bonds. The highest BCUT2D eigenvalue weighted by Crippen LogP contribution is 2.58. The van der Waals surface area contributed by atoms with Crippen LogP contribution in [0.1, 0.15) is 41.6 Å². The number of carboxylic acids is 1. The Kier molecular flexibility index (Phi) is 5.66. The lowest BCUT2D eigenvalue weighted by molar-refractivity contribution is -0.167. The van der Waals surface area contributed by atoms with Crippen molar-refractivity contribution in [3.05, 3.63) is 108 Å². The molecule has 4 nitrogen and oxygen atoms in total. The van der Waals surface area contributed by atoms with E-state index < -0.39 is 35.7 Å². The lowest BCUT2D eigenvalue weighted by atomic mass is 9.52. The molecule has 0 spiro atoms. The fraction of sp³-hybridized carbons (Fsp3) is 0.231. The van der Waals surface area contributed by atoms with E-state index >= 15 is 0 Å². The van der Waals surface area contributed by atoms with Crippen molar-refractivity contribution in [2.75, 3.05) is 0 Å². The van der Waals surface area contributed by atoms with Crippen molar-refractivity contribution in [2.24, 2.45) is 11.8 Å². The average molecular weight is 400 g/mol. The zero-order chi connectivity index (χ0) is 21.1. The van der Waals surface area contributed by atoms with Crippen molar-refractivity contribution in [1.29, 1.82) is 0 Å². The van der Waals surface area contributed by atoms with Gasteiger partial charge in [0.1, 0.15) is 6.10 Å². The molecule has 1 aliphatic rings. The van der Waals surface area contributed by atoms with E-state index in [4.69, 9.17) is 4.74 Å². The van der Waals surface area contributed by atoms with Gasteiger partial charge in [0.05, 0.1) is 11.8 Å². The number of carboxylic acid groups (broad SMARTS) is 1. The summed E-state index contributed by atoms with van der Waals surface area (Å²) in [6, 6.07) is 28.4. The number of esters is 1. The second-order valence-electron chi connectivity index (χ2n) is 7.75. The van der Waals surface area contributed by atoms with Gasteiger partial charge in [0.2, 0.25) is 0 Å². The van der Waals surface area contributed by atoms with Gasteiger partial charge in [-0.15, -0.1) is 0 Å². The van der Waals surface area contributed by atoms with Gasteiger partial charge < -0.3 is 9.84 Å². The summed E-state index contributed by atoms with van der Waals surface area (Å²) in [6.45, 7) is 1.84. The highest BCUT2D eigenvalue weighted by Gasteiger charge is 2.59. The maximum absolute atomic E-state index is 13.3. The Bertz CT molecular complexity index is 953. The van der Waals surface area contributed by atoms with Crippen LogP contribution in [0.5, 0.6) is 0 Å². The Balaban J connectivity index is 1.68. The third-order valence-corrected chi connectivity index (χ3v) is 6.04. The Hall–Kier alpha value is -3.40. The van der Waals surface area contributed by atoms with Gasteiger partial charge >= 0.3 is 11.9 Å². The Morgan fingerprint density at radius 1 is 0.733 bits per heavy atom. The van der Waals surface area contributed by atoms with E-state index in [9.17, 15) is 14.7 Å². The molecule has 30 heavy (non-hydrogen) atoms. The summed E-state index contributed by atoms with van der Waals surface area (Å²) < 4.78 is 5.84. The predicted molar refractivity (Wildman–Crippen MR) is 114 cm³/mol. The number of hydrogen-bond acceptors (Lipinski definition) is 3. The van der Waals surface area contributed by atoms with Crippen LogP contribution in [-0.2, 0) is 14.3 Å². The minimum Gasteiger partial charge on any atom is -0.481 e. The summed E-state index contributed by atoms with van der Waals surface area (Å²) in [5.74, 6) is -3.33. The number of carbonyl (C=O) groups excluding carboxylic acids is 1. The first-order valence-electron chi connectivity index (χ1n) is 10.2. The van der Waals surface area contributed by atoms with Crippen LogP contribution in [0.2, 0.25) is 0 Å². The van der Waals surface area contributed by atoms with Crippen LogP contribution in [0.4, 0.5) is 0 Å². The molecule has 3 atom stereocenters. The number of rotatable bonds is 6. The summed E-state index contributed by atoms with van der Waals surface area (Å²) in [5.41, 5.74) is 2.62. The van der Waals surface area contributed by atoms with Crippen LogP contribution in [0.3, 0.4) is 0 Å². The smallest absolute Gasteiger partial charge is 0.310 e. The Morgan fingerprint density at radius 3 is 1.60 bits per heavy atom. The molecule has 1 saturated carbocycles. The van der Waals surface area contributed by atoms with E-state index in [0.29, 0.717) is 0 Å². The minimum atomic E-state index is -0.891. The normalized spacial score (nSPS) is 23.8. The van der Waals surface area contributed by atoms with Crippen LogP contribution in [0.25, 0.3) is 0 Å². The van der Waals surface area contributed by atoms with Crippen LogP contribution < -0.4 is 0 Å². The maximum atomic E-state index is 13.3. The van der Waals surface area contributed by atoms with Gasteiger partial charge in [-0.3, -0.25) is 9.59 Å². The monoisotopic (exact) mass is 400 g/mol. The van der Waals surface area contributed by atoms with Gasteiger partial charge in [-0.1, -0.05) is 91.0 Å². The van der Waals surface area contributed by atoms with Gasteiger partial charge in [-0.05, 0) is 23.6 Å². The molecular formula is C26H24O4. The fourth-order valence-corrected chi connectivity index (χ4v) is 4.57. The van der Waals surface area contributed by atoms with Crippen molar-refractivity contribution < 1.29 is 19.4 Å². The lowest BCUT2D eigenvalue weighted by Gasteiger charge is -2.49. The number of benzene rings is 3. The fourth-order valence-electron chi connectivity index (χ4n) is 4.57. The second-order valence-corrected chi connectivity index (χ2v) is 7.75. The molecular weight excluding hydrogens is 376 g/mol. The van der Waals surface area contributed by atoms with Crippen molar-refractivity contribution in [3.63, 3.8) is 0 Å². The van der Waals surface area contributed by atoms with Crippen LogP contribution in [-0.4, -0.2) is 17.0 Å². The number of aliphatic carboxylic acids is 1. The third kappa shape index (κ3) is 3.73. The van der Waals surface area contributed by atoms with E-state index in [-0.39, 0.29) is 5.97 Å². The van der Waals surface area contributed by atoms with Crippen LogP contribution in [0.15, 0.2) is 91.0 Å². The number of ether oxygens (including phenoxy) is 1. The van der Waals surface area contributed by atoms with Gasteiger partial charge in [0.25, 0.3) is 0 Å². The minimum absolute atomic E-state index is 0.355. The molecule has 0 aliphatic heterocycles. The Labute approximate surface area is 176 Å². The van der Waals surface area contributed by atoms with Crippen molar-refractivity contribution in [1.82, 2.24) is 0 Å². The van der Waals surface area contributed by atoms with Crippen molar-refractivity contribution in [2.45, 2.75) is 24.9 Å². The molecule has 3 unspecified atom stereocenters. The van der Waals surface area contributed by atoms with E-state index in [1.165, 1.54) is 0 Å². The van der Waals surface area contributed by atoms with Gasteiger partial charge in [-0.25, -0.2) is 0 Å². The van der Waals surface area contributed by atoms with E-state index in [2.05, 4.69) is 0 Å². The molecule has 1 aliphatic carbocycles. The zero-order valence-electron chi connectivity index (χ0n) is 16.7. The molecule has 3 aromatic carbocycles. The van der Waals surface area contributed by atoms with Gasteiger partial charge in [-0.2, -0.15) is 0 Å². The Morgan fingerprint density at radius 2 is 1.17 bits per heavy atom. The largest absolute Gasteiger partial charge is 0.481 e. The van der Waals surface area contributed by atoms with Crippen LogP contribution >= 0.6 is 0 Å². The maximum Gasteiger partial charge on any atom is 0.310 e. The SMILES string of the molecule is CC(OC(=O)C1C(c2ccccc2)C(C(=O)O)C1c1ccccc1)c1ccccc1. The first-order valence-corrected chi connectivity index (χ1v) is 10.2. The summed E-state index contributed by atoms with van der Waals surface area (Å²) in [7, 11) is 0. The molecule has 152 valence electrons. The first kappa shape index (κ1) is 19.9. The molecule has 1 N–H and O–H groups in total. The zero-order valence-corrected chi connectivity index (χ0v) is 16.7. The highest BCUT2D eigenvalue weighted by atomic mass is 16.5. The van der Waals surface area contributed by atoms with E-state index in [1.807, 2.05) is 97.9 Å². The van der Waals surface area contributed by atoms with E-state index in [0.717, 1.165) is 16.7 Å². The quantitative estimate of drug-likeness (QED) is 0.579. The first-order chi connectivity index (χ1) is 14.6. The molecule has 1 fully saturated rings. The topological polar surface area (TPSA) is 63.6 Å². The van der Waals surface area contributed by atoms with Gasteiger partial charge in [0, 0.05) is 11.8 Å². The lowest BCUT2D eigenvalue weighted by Crippen LogP contribution is -2.51. The standard InChI is InChI=1S/C26H24O4/c1-17(18-11-5-2-6-12-18)30-26(29)24-21(19-13-7-3-8-14-19)23(25(27)28)22(24)20-15-9-4-10-16-20/h2-17,21-24H,1H3,(H,27,28). The molecule has 4 rings (SSSR count). The molecule has 0 aromatic heterocycles. The second kappa shape index (κ2) is 8.54. The van der Waals surface area contributed by atoms with Crippen molar-refractivity contribution >= 4 is 11.9 Å². The molecule has 0 radical (unpaired) electrons.